The molecule has 2 rings (SSSR count). The lowest BCUT2D eigenvalue weighted by Gasteiger charge is -2.34. The standard InChI is InChI=1S/C18H27BrN2O5/c1-2-25-18(23)21-9-7-20(8-10-21)13-16(22)14-24-11-12-26-17-5-3-15(19)4-6-17/h3-6,16,22H,2,7-14H2,1H3/t16-/m0/s1. The van der Waals surface area contributed by atoms with E-state index in [0.29, 0.717) is 39.5 Å². The van der Waals surface area contributed by atoms with Crippen LogP contribution in [0.15, 0.2) is 28.7 Å². The molecular weight excluding hydrogens is 404 g/mol. The molecule has 8 heteroatoms. The minimum Gasteiger partial charge on any atom is -0.491 e. The second-order valence-corrected chi connectivity index (χ2v) is 6.93. The Balaban J connectivity index is 1.53. The van der Waals surface area contributed by atoms with Crippen molar-refractivity contribution in [1.29, 1.82) is 0 Å². The Bertz CT molecular complexity index is 535. The molecule has 1 heterocycles. The third-order valence-electron chi connectivity index (χ3n) is 3.99. The maximum absolute atomic E-state index is 11.7. The van der Waals surface area contributed by atoms with E-state index in [1.807, 2.05) is 24.3 Å². The van der Waals surface area contributed by atoms with E-state index in [9.17, 15) is 9.90 Å². The van der Waals surface area contributed by atoms with Crippen molar-refractivity contribution >= 4 is 22.0 Å². The number of amides is 1. The van der Waals surface area contributed by atoms with Crippen LogP contribution in [0.5, 0.6) is 5.75 Å². The number of halogens is 1. The van der Waals surface area contributed by atoms with Crippen LogP contribution in [-0.4, -0.2) is 86.3 Å². The molecule has 1 saturated heterocycles. The lowest BCUT2D eigenvalue weighted by atomic mass is 10.3. The predicted octanol–water partition coefficient (Wildman–Crippen LogP) is 1.98. The van der Waals surface area contributed by atoms with E-state index in [2.05, 4.69) is 20.8 Å². The third kappa shape index (κ3) is 7.49. The summed E-state index contributed by atoms with van der Waals surface area (Å²) in [6, 6.07) is 7.60. The summed E-state index contributed by atoms with van der Waals surface area (Å²) in [5, 5.41) is 10.1. The molecule has 1 atom stereocenters. The zero-order valence-corrected chi connectivity index (χ0v) is 16.7. The number of β-amino-alcohol motifs (C(OH)–C–C–N with tert-alkyl or cyclic N) is 1. The van der Waals surface area contributed by atoms with Gasteiger partial charge in [-0.3, -0.25) is 4.90 Å². The number of piperazine rings is 1. The van der Waals surface area contributed by atoms with E-state index in [1.54, 1.807) is 11.8 Å². The first-order chi connectivity index (χ1) is 12.6. The molecular formula is C18H27BrN2O5. The van der Waals surface area contributed by atoms with Gasteiger partial charge in [-0.25, -0.2) is 4.79 Å². The van der Waals surface area contributed by atoms with Crippen molar-refractivity contribution in [3.63, 3.8) is 0 Å². The van der Waals surface area contributed by atoms with Crippen molar-refractivity contribution < 1.29 is 24.1 Å². The van der Waals surface area contributed by atoms with Crippen molar-refractivity contribution in [3.05, 3.63) is 28.7 Å². The number of hydrogen-bond donors (Lipinski definition) is 1. The van der Waals surface area contributed by atoms with Gasteiger partial charge in [-0.2, -0.15) is 0 Å². The normalized spacial score (nSPS) is 16.3. The van der Waals surface area contributed by atoms with Crippen LogP contribution in [0.25, 0.3) is 0 Å². The second-order valence-electron chi connectivity index (χ2n) is 6.02. The van der Waals surface area contributed by atoms with Gasteiger partial charge >= 0.3 is 6.09 Å². The molecule has 146 valence electrons. The van der Waals surface area contributed by atoms with E-state index in [0.717, 1.165) is 23.3 Å². The quantitative estimate of drug-likeness (QED) is 0.603. The van der Waals surface area contributed by atoms with Gasteiger partial charge in [0.1, 0.15) is 12.4 Å². The Morgan fingerprint density at radius 1 is 1.19 bits per heavy atom. The van der Waals surface area contributed by atoms with Gasteiger partial charge < -0.3 is 24.2 Å². The Labute approximate surface area is 162 Å². The fraction of sp³-hybridized carbons (Fsp3) is 0.611. The van der Waals surface area contributed by atoms with Crippen molar-refractivity contribution in [2.24, 2.45) is 0 Å². The maximum Gasteiger partial charge on any atom is 0.409 e. The van der Waals surface area contributed by atoms with Gasteiger partial charge in [0.05, 0.1) is 25.9 Å². The van der Waals surface area contributed by atoms with Gasteiger partial charge in [-0.15, -0.1) is 0 Å². The molecule has 1 amide bonds. The Hall–Kier alpha value is -1.35. The van der Waals surface area contributed by atoms with Crippen LogP contribution in [0.3, 0.4) is 0 Å². The van der Waals surface area contributed by atoms with Crippen molar-refractivity contribution in [3.8, 4) is 5.75 Å². The third-order valence-corrected chi connectivity index (χ3v) is 4.52. The number of carbonyl (C=O) groups excluding carboxylic acids is 1. The molecule has 0 aliphatic carbocycles. The highest BCUT2D eigenvalue weighted by atomic mass is 79.9. The molecule has 1 fully saturated rings. The molecule has 26 heavy (non-hydrogen) atoms. The molecule has 1 aromatic rings. The average molecular weight is 431 g/mol. The van der Waals surface area contributed by atoms with Crippen LogP contribution in [0.2, 0.25) is 0 Å². The summed E-state index contributed by atoms with van der Waals surface area (Å²) in [7, 11) is 0. The first-order valence-electron chi connectivity index (χ1n) is 8.86. The topological polar surface area (TPSA) is 71.5 Å². The molecule has 1 aromatic carbocycles. The van der Waals surface area contributed by atoms with Crippen LogP contribution in [0.4, 0.5) is 4.79 Å². The van der Waals surface area contributed by atoms with E-state index in [1.165, 1.54) is 0 Å². The molecule has 0 bridgehead atoms. The Morgan fingerprint density at radius 2 is 1.88 bits per heavy atom. The lowest BCUT2D eigenvalue weighted by molar-refractivity contribution is -0.0000935. The fourth-order valence-electron chi connectivity index (χ4n) is 2.65. The van der Waals surface area contributed by atoms with Gasteiger partial charge in [0.2, 0.25) is 0 Å². The van der Waals surface area contributed by atoms with Crippen LogP contribution in [0.1, 0.15) is 6.92 Å². The number of aliphatic hydroxyl groups is 1. The molecule has 0 spiro atoms. The highest BCUT2D eigenvalue weighted by Crippen LogP contribution is 2.15. The summed E-state index contributed by atoms with van der Waals surface area (Å²) < 4.78 is 17.0. The predicted molar refractivity (Wildman–Crippen MR) is 101 cm³/mol. The summed E-state index contributed by atoms with van der Waals surface area (Å²) in [4.78, 5) is 15.5. The van der Waals surface area contributed by atoms with Crippen LogP contribution in [-0.2, 0) is 9.47 Å². The van der Waals surface area contributed by atoms with Gasteiger partial charge in [0.15, 0.2) is 0 Å². The molecule has 1 aliphatic heterocycles. The van der Waals surface area contributed by atoms with E-state index in [4.69, 9.17) is 14.2 Å². The fourth-order valence-corrected chi connectivity index (χ4v) is 2.91. The minimum absolute atomic E-state index is 0.262. The van der Waals surface area contributed by atoms with Crippen LogP contribution >= 0.6 is 15.9 Å². The Kier molecular flexibility index (Phi) is 9.17. The molecule has 1 N–H and O–H groups in total. The summed E-state index contributed by atoms with van der Waals surface area (Å²) in [5.41, 5.74) is 0. The number of hydrogen-bond acceptors (Lipinski definition) is 6. The minimum atomic E-state index is -0.558. The number of rotatable bonds is 9. The van der Waals surface area contributed by atoms with Gasteiger partial charge in [0, 0.05) is 37.2 Å². The number of benzene rings is 1. The summed E-state index contributed by atoms with van der Waals surface area (Å²) >= 11 is 3.37. The van der Waals surface area contributed by atoms with Gasteiger partial charge in [-0.1, -0.05) is 15.9 Å². The van der Waals surface area contributed by atoms with E-state index >= 15 is 0 Å². The van der Waals surface area contributed by atoms with Crippen LogP contribution in [0, 0.1) is 0 Å². The van der Waals surface area contributed by atoms with E-state index in [-0.39, 0.29) is 12.7 Å². The number of ether oxygens (including phenoxy) is 3. The van der Waals surface area contributed by atoms with Gasteiger partial charge in [-0.05, 0) is 31.2 Å². The average Bonchev–Trinajstić information content (AvgIpc) is 2.64. The van der Waals surface area contributed by atoms with Crippen molar-refractivity contribution in [2.45, 2.75) is 13.0 Å². The first-order valence-corrected chi connectivity index (χ1v) is 9.66. The molecule has 7 nitrogen and oxygen atoms in total. The number of nitrogens with zero attached hydrogens (tertiary/aromatic N) is 2. The largest absolute Gasteiger partial charge is 0.491 e. The van der Waals surface area contributed by atoms with Gasteiger partial charge in [0.25, 0.3) is 0 Å². The highest BCUT2D eigenvalue weighted by Gasteiger charge is 2.23. The monoisotopic (exact) mass is 430 g/mol. The molecule has 0 radical (unpaired) electrons. The Morgan fingerprint density at radius 3 is 2.54 bits per heavy atom. The second kappa shape index (κ2) is 11.4. The SMILES string of the molecule is CCOC(=O)N1CCN(C[C@H](O)COCCOc2ccc(Br)cc2)CC1. The number of aliphatic hydroxyl groups excluding tert-OH is 1. The lowest BCUT2D eigenvalue weighted by Crippen LogP contribution is -2.51. The molecule has 1 aliphatic rings. The highest BCUT2D eigenvalue weighted by molar-refractivity contribution is 9.10. The smallest absolute Gasteiger partial charge is 0.409 e. The number of carbonyl (C=O) groups is 1. The van der Waals surface area contributed by atoms with Crippen molar-refractivity contribution in [1.82, 2.24) is 9.80 Å². The summed E-state index contributed by atoms with van der Waals surface area (Å²) in [6.45, 7) is 6.53. The summed E-state index contributed by atoms with van der Waals surface area (Å²) in [5.74, 6) is 0.789. The molecule has 0 aromatic heterocycles. The first kappa shape index (κ1) is 21.0. The van der Waals surface area contributed by atoms with Crippen molar-refractivity contribution in [2.75, 3.05) is 59.2 Å². The zero-order valence-electron chi connectivity index (χ0n) is 15.1. The van der Waals surface area contributed by atoms with Crippen LogP contribution < -0.4 is 4.74 Å². The summed E-state index contributed by atoms with van der Waals surface area (Å²) in [6.07, 6.45) is -0.821. The maximum atomic E-state index is 11.7. The molecule has 0 saturated carbocycles. The zero-order chi connectivity index (χ0) is 18.8. The molecule has 0 unspecified atom stereocenters. The van der Waals surface area contributed by atoms with E-state index < -0.39 is 6.10 Å².